The number of fused-ring (bicyclic) bond motifs is 1. The lowest BCUT2D eigenvalue weighted by Crippen LogP contribution is -2.25. The molecule has 0 aliphatic rings. The molecule has 4 aromatic rings. The molecule has 0 saturated heterocycles. The molecule has 0 aliphatic carbocycles. The van der Waals surface area contributed by atoms with Crippen molar-refractivity contribution >= 4 is 17.1 Å². The average molecular weight is 390 g/mol. The second-order valence-electron chi connectivity index (χ2n) is 6.47. The van der Waals surface area contributed by atoms with E-state index >= 15 is 0 Å². The topological polar surface area (TPSA) is 69.0 Å². The van der Waals surface area contributed by atoms with Gasteiger partial charge in [-0.1, -0.05) is 24.3 Å². The van der Waals surface area contributed by atoms with Crippen LogP contribution in [0.1, 0.15) is 21.7 Å². The number of carbonyl (C=O) groups excluding carboxylic acids is 1. The van der Waals surface area contributed by atoms with Crippen LogP contribution < -0.4 is 10.1 Å². The lowest BCUT2D eigenvalue weighted by molar-refractivity contribution is 0.0945. The molecule has 2 aromatic carbocycles. The molecular formula is C22H19FN4O2. The second kappa shape index (κ2) is 8.10. The molecule has 0 atom stereocenters. The van der Waals surface area contributed by atoms with Crippen LogP contribution in [0.2, 0.25) is 0 Å². The van der Waals surface area contributed by atoms with Crippen LogP contribution in [0.4, 0.5) is 4.39 Å². The lowest BCUT2D eigenvalue weighted by Gasteiger charge is -2.11. The molecule has 6 nitrogen and oxygen atoms in total. The third-order valence-electron chi connectivity index (χ3n) is 4.61. The van der Waals surface area contributed by atoms with E-state index in [0.29, 0.717) is 12.4 Å². The fourth-order valence-corrected chi connectivity index (χ4v) is 3.12. The van der Waals surface area contributed by atoms with Gasteiger partial charge in [0.1, 0.15) is 22.9 Å². The zero-order chi connectivity index (χ0) is 20.2. The van der Waals surface area contributed by atoms with Crippen molar-refractivity contribution in [3.05, 3.63) is 89.6 Å². The molecule has 1 amide bonds. The van der Waals surface area contributed by atoms with E-state index in [1.165, 1.54) is 12.1 Å². The summed E-state index contributed by atoms with van der Waals surface area (Å²) in [6.07, 6.45) is 1.70. The van der Waals surface area contributed by atoms with Crippen molar-refractivity contribution < 1.29 is 13.9 Å². The van der Waals surface area contributed by atoms with Crippen LogP contribution in [0.25, 0.3) is 11.2 Å². The van der Waals surface area contributed by atoms with E-state index in [2.05, 4.69) is 15.3 Å². The molecule has 0 unspecified atom stereocenters. The molecule has 2 heterocycles. The van der Waals surface area contributed by atoms with Gasteiger partial charge in [0.15, 0.2) is 5.65 Å². The number of benzene rings is 2. The van der Waals surface area contributed by atoms with Gasteiger partial charge < -0.3 is 14.6 Å². The number of amides is 1. The molecule has 0 fully saturated rings. The summed E-state index contributed by atoms with van der Waals surface area (Å²) in [4.78, 5) is 21.4. The Morgan fingerprint density at radius 2 is 1.90 bits per heavy atom. The van der Waals surface area contributed by atoms with Crippen LogP contribution in [0, 0.1) is 5.82 Å². The summed E-state index contributed by atoms with van der Waals surface area (Å²) in [6.45, 7) is 0.683. The van der Waals surface area contributed by atoms with Gasteiger partial charge in [-0.3, -0.25) is 4.79 Å². The Morgan fingerprint density at radius 3 is 2.66 bits per heavy atom. The quantitative estimate of drug-likeness (QED) is 0.547. The van der Waals surface area contributed by atoms with Crippen LogP contribution in [-0.4, -0.2) is 27.6 Å². The Bertz CT molecular complexity index is 1160. The lowest BCUT2D eigenvalue weighted by atomic mass is 10.2. The Morgan fingerprint density at radius 1 is 1.10 bits per heavy atom. The van der Waals surface area contributed by atoms with Crippen molar-refractivity contribution in [1.29, 1.82) is 0 Å². The fourth-order valence-electron chi connectivity index (χ4n) is 3.12. The number of hydrogen-bond donors (Lipinski definition) is 1. The number of nitrogens with one attached hydrogen (secondary N) is 1. The SMILES string of the molecule is COc1ccc(Cn2c(CNC(=O)c3ccccc3F)nc3cccnc32)cc1. The zero-order valence-electron chi connectivity index (χ0n) is 15.8. The summed E-state index contributed by atoms with van der Waals surface area (Å²) in [7, 11) is 1.62. The average Bonchev–Trinajstić information content (AvgIpc) is 3.10. The van der Waals surface area contributed by atoms with Gasteiger partial charge in [-0.05, 0) is 42.0 Å². The molecule has 2 aromatic heterocycles. The summed E-state index contributed by atoms with van der Waals surface area (Å²) >= 11 is 0. The predicted octanol–water partition coefficient (Wildman–Crippen LogP) is 3.56. The number of hydrogen-bond acceptors (Lipinski definition) is 4. The molecule has 0 radical (unpaired) electrons. The maximum atomic E-state index is 13.9. The summed E-state index contributed by atoms with van der Waals surface area (Å²) in [5, 5.41) is 2.75. The molecular weight excluding hydrogens is 371 g/mol. The minimum Gasteiger partial charge on any atom is -0.497 e. The molecule has 1 N–H and O–H groups in total. The van der Waals surface area contributed by atoms with E-state index < -0.39 is 11.7 Å². The van der Waals surface area contributed by atoms with E-state index in [9.17, 15) is 9.18 Å². The number of pyridine rings is 1. The Hall–Kier alpha value is -3.74. The fraction of sp³-hybridized carbons (Fsp3) is 0.136. The molecule has 7 heteroatoms. The van der Waals surface area contributed by atoms with E-state index in [1.807, 2.05) is 41.0 Å². The first-order chi connectivity index (χ1) is 14.2. The highest BCUT2D eigenvalue weighted by Gasteiger charge is 2.15. The van der Waals surface area contributed by atoms with Gasteiger partial charge in [0.25, 0.3) is 5.91 Å². The number of halogens is 1. The van der Waals surface area contributed by atoms with Gasteiger partial charge >= 0.3 is 0 Å². The molecule has 0 saturated carbocycles. The van der Waals surface area contributed by atoms with Gasteiger partial charge in [-0.15, -0.1) is 0 Å². The van der Waals surface area contributed by atoms with E-state index in [-0.39, 0.29) is 12.1 Å². The minimum atomic E-state index is -0.557. The summed E-state index contributed by atoms with van der Waals surface area (Å²) in [5.41, 5.74) is 2.50. The second-order valence-corrected chi connectivity index (χ2v) is 6.47. The van der Waals surface area contributed by atoms with E-state index in [1.54, 1.807) is 25.4 Å². The van der Waals surface area contributed by atoms with Crippen LogP contribution in [0.15, 0.2) is 66.9 Å². The van der Waals surface area contributed by atoms with Crippen molar-refractivity contribution in [2.24, 2.45) is 0 Å². The number of imidazole rings is 1. The minimum absolute atomic E-state index is 0.00319. The highest BCUT2D eigenvalue weighted by atomic mass is 19.1. The van der Waals surface area contributed by atoms with Crippen LogP contribution in [0.5, 0.6) is 5.75 Å². The first-order valence-electron chi connectivity index (χ1n) is 9.11. The van der Waals surface area contributed by atoms with Crippen molar-refractivity contribution in [2.45, 2.75) is 13.1 Å². The summed E-state index contributed by atoms with van der Waals surface area (Å²) < 4.78 is 21.0. The number of ether oxygens (including phenoxy) is 1. The first-order valence-corrected chi connectivity index (χ1v) is 9.11. The third-order valence-corrected chi connectivity index (χ3v) is 4.61. The predicted molar refractivity (Wildman–Crippen MR) is 107 cm³/mol. The molecule has 29 heavy (non-hydrogen) atoms. The highest BCUT2D eigenvalue weighted by Crippen LogP contribution is 2.18. The molecule has 146 valence electrons. The van der Waals surface area contributed by atoms with E-state index in [0.717, 1.165) is 22.5 Å². The molecule has 0 spiro atoms. The van der Waals surface area contributed by atoms with Gasteiger partial charge in [-0.2, -0.15) is 0 Å². The van der Waals surface area contributed by atoms with E-state index in [4.69, 9.17) is 4.74 Å². The van der Waals surface area contributed by atoms with Crippen molar-refractivity contribution in [1.82, 2.24) is 19.9 Å². The van der Waals surface area contributed by atoms with Crippen molar-refractivity contribution in [3.63, 3.8) is 0 Å². The summed E-state index contributed by atoms with van der Waals surface area (Å²) in [5.74, 6) is 0.372. The molecule has 0 aliphatic heterocycles. The Labute approximate surface area is 167 Å². The standard InChI is InChI=1S/C22H19FN4O2/c1-29-16-10-8-15(9-11-16)14-27-20(26-19-7-4-12-24-21(19)27)13-25-22(28)17-5-2-3-6-18(17)23/h2-12H,13-14H2,1H3,(H,25,28). The normalized spacial score (nSPS) is 10.8. The number of rotatable bonds is 6. The largest absolute Gasteiger partial charge is 0.497 e. The number of carbonyl (C=O) groups is 1. The van der Waals surface area contributed by atoms with Gasteiger partial charge in [0.05, 0.1) is 25.8 Å². The number of nitrogens with zero attached hydrogens (tertiary/aromatic N) is 3. The highest BCUT2D eigenvalue weighted by molar-refractivity contribution is 5.94. The summed E-state index contributed by atoms with van der Waals surface area (Å²) in [6, 6.07) is 17.3. The van der Waals surface area contributed by atoms with Crippen LogP contribution in [0.3, 0.4) is 0 Å². The smallest absolute Gasteiger partial charge is 0.254 e. The number of aromatic nitrogens is 3. The molecule has 4 rings (SSSR count). The van der Waals surface area contributed by atoms with Crippen LogP contribution in [-0.2, 0) is 13.1 Å². The third kappa shape index (κ3) is 3.94. The van der Waals surface area contributed by atoms with Gasteiger partial charge in [-0.25, -0.2) is 14.4 Å². The molecule has 0 bridgehead atoms. The zero-order valence-corrected chi connectivity index (χ0v) is 15.8. The van der Waals surface area contributed by atoms with Crippen LogP contribution >= 0.6 is 0 Å². The Kier molecular flexibility index (Phi) is 5.20. The monoisotopic (exact) mass is 390 g/mol. The maximum absolute atomic E-state index is 13.9. The van der Waals surface area contributed by atoms with Crippen molar-refractivity contribution in [3.8, 4) is 5.75 Å². The van der Waals surface area contributed by atoms with Gasteiger partial charge in [0, 0.05) is 6.20 Å². The maximum Gasteiger partial charge on any atom is 0.254 e. The van der Waals surface area contributed by atoms with Gasteiger partial charge in [0.2, 0.25) is 0 Å². The first kappa shape index (κ1) is 18.6. The van der Waals surface area contributed by atoms with Crippen molar-refractivity contribution in [2.75, 3.05) is 7.11 Å². The number of methoxy groups -OCH3 is 1. The Balaban J connectivity index is 1.61.